The van der Waals surface area contributed by atoms with Crippen molar-refractivity contribution in [3.05, 3.63) is 76.4 Å². The smallest absolute Gasteiger partial charge is 0.404 e. The largest absolute Gasteiger partial charge is 0.465 e. The fourth-order valence-corrected chi connectivity index (χ4v) is 4.99. The summed E-state index contributed by atoms with van der Waals surface area (Å²) in [4.78, 5) is 24.6. The lowest BCUT2D eigenvalue weighted by molar-refractivity contribution is 0.194. The van der Waals surface area contributed by atoms with Crippen LogP contribution in [0.2, 0.25) is 0 Å². The molecule has 32 heavy (non-hydrogen) atoms. The summed E-state index contributed by atoms with van der Waals surface area (Å²) >= 11 is 2.95. The van der Waals surface area contributed by atoms with E-state index in [1.807, 2.05) is 24.3 Å². The first-order valence-corrected chi connectivity index (χ1v) is 11.2. The number of carboxylic acid groups (broad SMARTS) is 1. The molecule has 0 fully saturated rings. The standard InChI is InChI=1S/C22H14F2N4O2S2/c23-13-3-12(4-14(24)6-13)16(8-25-22(29)30)20-15(7-19-21(28-20)27-10-32-19)11-1-2-18-17(5-11)26-9-31-18/h1-7,9-10,16,25H,8H2,(H,29,30)/t16-/m0/s1. The van der Waals surface area contributed by atoms with Crippen molar-refractivity contribution in [3.8, 4) is 11.1 Å². The first kappa shape index (κ1) is 20.4. The van der Waals surface area contributed by atoms with E-state index < -0.39 is 23.6 Å². The highest BCUT2D eigenvalue weighted by Gasteiger charge is 2.24. The third-order valence-corrected chi connectivity index (χ3v) is 6.64. The van der Waals surface area contributed by atoms with E-state index in [-0.39, 0.29) is 12.1 Å². The van der Waals surface area contributed by atoms with Crippen molar-refractivity contribution < 1.29 is 18.7 Å². The molecule has 5 aromatic rings. The summed E-state index contributed by atoms with van der Waals surface area (Å²) in [5.41, 5.74) is 7.01. The Morgan fingerprint density at radius 1 is 1.00 bits per heavy atom. The molecule has 2 N–H and O–H groups in total. The Morgan fingerprint density at radius 2 is 1.75 bits per heavy atom. The van der Waals surface area contributed by atoms with Gasteiger partial charge in [0.05, 0.1) is 31.6 Å². The molecule has 0 saturated carbocycles. The van der Waals surface area contributed by atoms with Crippen molar-refractivity contribution in [1.29, 1.82) is 0 Å². The molecule has 0 spiro atoms. The Labute approximate surface area is 188 Å². The molecular formula is C22H14F2N4O2S2. The number of pyridine rings is 1. The van der Waals surface area contributed by atoms with Crippen molar-refractivity contribution in [3.63, 3.8) is 0 Å². The number of amides is 1. The molecule has 3 aromatic heterocycles. The van der Waals surface area contributed by atoms with Crippen LogP contribution >= 0.6 is 22.7 Å². The van der Waals surface area contributed by atoms with E-state index in [4.69, 9.17) is 4.98 Å². The number of hydrogen-bond acceptors (Lipinski definition) is 6. The van der Waals surface area contributed by atoms with Gasteiger partial charge in [-0.2, -0.15) is 0 Å². The zero-order valence-corrected chi connectivity index (χ0v) is 17.9. The Balaban J connectivity index is 1.74. The molecule has 160 valence electrons. The van der Waals surface area contributed by atoms with Crippen LogP contribution in [0.15, 0.2) is 53.5 Å². The van der Waals surface area contributed by atoms with Crippen LogP contribution in [0.3, 0.4) is 0 Å². The molecule has 1 atom stereocenters. The van der Waals surface area contributed by atoms with E-state index in [1.54, 1.807) is 11.0 Å². The summed E-state index contributed by atoms with van der Waals surface area (Å²) in [5, 5.41) is 11.5. The highest BCUT2D eigenvalue weighted by Crippen LogP contribution is 2.36. The molecule has 0 radical (unpaired) electrons. The van der Waals surface area contributed by atoms with Gasteiger partial charge in [0.1, 0.15) is 11.6 Å². The zero-order chi connectivity index (χ0) is 22.2. The van der Waals surface area contributed by atoms with Gasteiger partial charge in [-0.15, -0.1) is 22.7 Å². The molecule has 6 nitrogen and oxygen atoms in total. The van der Waals surface area contributed by atoms with Gasteiger partial charge >= 0.3 is 6.09 Å². The van der Waals surface area contributed by atoms with Gasteiger partial charge < -0.3 is 10.4 Å². The molecule has 0 saturated heterocycles. The monoisotopic (exact) mass is 468 g/mol. The van der Waals surface area contributed by atoms with Crippen molar-refractivity contribution in [2.24, 2.45) is 0 Å². The highest BCUT2D eigenvalue weighted by atomic mass is 32.1. The van der Waals surface area contributed by atoms with Gasteiger partial charge in [-0.3, -0.25) is 0 Å². The number of rotatable bonds is 5. The predicted molar refractivity (Wildman–Crippen MR) is 120 cm³/mol. The number of halogens is 2. The number of fused-ring (bicyclic) bond motifs is 2. The van der Waals surface area contributed by atoms with Gasteiger partial charge in [-0.25, -0.2) is 28.5 Å². The van der Waals surface area contributed by atoms with E-state index in [0.29, 0.717) is 11.3 Å². The molecular weight excluding hydrogens is 454 g/mol. The number of aromatic nitrogens is 3. The first-order chi connectivity index (χ1) is 15.5. The number of nitrogens with zero attached hydrogens (tertiary/aromatic N) is 3. The molecule has 10 heteroatoms. The number of benzene rings is 2. The van der Waals surface area contributed by atoms with E-state index in [2.05, 4.69) is 15.3 Å². The van der Waals surface area contributed by atoms with E-state index >= 15 is 0 Å². The second-order valence-corrected chi connectivity index (χ2v) is 8.84. The summed E-state index contributed by atoms with van der Waals surface area (Å²) in [5.74, 6) is -2.25. The van der Waals surface area contributed by atoms with Gasteiger partial charge in [0, 0.05) is 24.1 Å². The van der Waals surface area contributed by atoms with Crippen molar-refractivity contribution in [1.82, 2.24) is 20.3 Å². The molecule has 0 aliphatic heterocycles. The van der Waals surface area contributed by atoms with E-state index in [0.717, 1.165) is 32.1 Å². The second-order valence-electron chi connectivity index (χ2n) is 7.07. The average molecular weight is 469 g/mol. The molecule has 0 unspecified atom stereocenters. The summed E-state index contributed by atoms with van der Waals surface area (Å²) < 4.78 is 30.0. The molecule has 3 heterocycles. The maximum absolute atomic E-state index is 14.1. The lowest BCUT2D eigenvalue weighted by atomic mass is 9.89. The lowest BCUT2D eigenvalue weighted by Gasteiger charge is -2.20. The summed E-state index contributed by atoms with van der Waals surface area (Å²) in [6, 6.07) is 10.9. The summed E-state index contributed by atoms with van der Waals surface area (Å²) in [6.45, 7) is -0.118. The van der Waals surface area contributed by atoms with Crippen molar-refractivity contribution in [2.75, 3.05) is 6.54 Å². The van der Waals surface area contributed by atoms with Gasteiger partial charge in [0.25, 0.3) is 0 Å². The lowest BCUT2D eigenvalue weighted by Crippen LogP contribution is -2.28. The SMILES string of the molecule is O=C(O)NC[C@@H](c1cc(F)cc(F)c1)c1nc2ncsc2cc1-c1ccc2scnc2c1. The van der Waals surface area contributed by atoms with Crippen LogP contribution in [0.5, 0.6) is 0 Å². The number of thiazole rings is 2. The Bertz CT molecular complexity index is 1450. The van der Waals surface area contributed by atoms with Gasteiger partial charge in [0.2, 0.25) is 0 Å². The minimum Gasteiger partial charge on any atom is -0.465 e. The number of hydrogen-bond donors (Lipinski definition) is 2. The summed E-state index contributed by atoms with van der Waals surface area (Å²) in [6.07, 6.45) is -1.24. The van der Waals surface area contributed by atoms with Crippen molar-refractivity contribution in [2.45, 2.75) is 5.92 Å². The third-order valence-electron chi connectivity index (χ3n) is 5.07. The van der Waals surface area contributed by atoms with Gasteiger partial charge in [-0.05, 0) is 41.5 Å². The maximum atomic E-state index is 14.1. The minimum absolute atomic E-state index is 0.118. The fraction of sp³-hybridized carbons (Fsp3) is 0.0909. The second kappa shape index (κ2) is 8.21. The van der Waals surface area contributed by atoms with E-state index in [9.17, 15) is 18.7 Å². The third kappa shape index (κ3) is 3.90. The molecule has 0 aliphatic carbocycles. The first-order valence-electron chi connectivity index (χ1n) is 9.48. The average Bonchev–Trinajstić information content (AvgIpc) is 3.40. The molecule has 5 rings (SSSR count). The van der Waals surface area contributed by atoms with E-state index in [1.165, 1.54) is 34.8 Å². The summed E-state index contributed by atoms with van der Waals surface area (Å²) in [7, 11) is 0. The molecule has 1 amide bonds. The van der Waals surface area contributed by atoms with Crippen molar-refractivity contribution >= 4 is 49.3 Å². The Kier molecular flexibility index (Phi) is 5.24. The minimum atomic E-state index is -1.24. The quantitative estimate of drug-likeness (QED) is 0.348. The maximum Gasteiger partial charge on any atom is 0.404 e. The Morgan fingerprint density at radius 3 is 2.53 bits per heavy atom. The highest BCUT2D eigenvalue weighted by molar-refractivity contribution is 7.17. The number of nitrogens with one attached hydrogen (secondary N) is 1. The zero-order valence-electron chi connectivity index (χ0n) is 16.3. The van der Waals surface area contributed by atoms with Crippen LogP contribution < -0.4 is 5.32 Å². The molecule has 2 aromatic carbocycles. The van der Waals surface area contributed by atoms with Crippen LogP contribution in [-0.2, 0) is 0 Å². The molecule has 0 bridgehead atoms. The van der Waals surface area contributed by atoms with Gasteiger partial charge in [0.15, 0.2) is 5.65 Å². The molecule has 0 aliphatic rings. The Hall–Kier alpha value is -3.50. The number of carbonyl (C=O) groups is 1. The van der Waals surface area contributed by atoms with Crippen LogP contribution in [0.1, 0.15) is 17.2 Å². The van der Waals surface area contributed by atoms with Crippen LogP contribution in [0.4, 0.5) is 13.6 Å². The van der Waals surface area contributed by atoms with Crippen LogP contribution in [0.25, 0.3) is 31.7 Å². The topological polar surface area (TPSA) is 88.0 Å². The fourth-order valence-electron chi connectivity index (χ4n) is 3.67. The predicted octanol–water partition coefficient (Wildman–Crippen LogP) is 5.65. The van der Waals surface area contributed by atoms with Crippen LogP contribution in [-0.4, -0.2) is 32.7 Å². The van der Waals surface area contributed by atoms with Gasteiger partial charge in [-0.1, -0.05) is 6.07 Å². The van der Waals surface area contributed by atoms with Crippen LogP contribution in [0, 0.1) is 11.6 Å². The normalized spacial score (nSPS) is 12.3.